The molecule has 2 aromatic rings. The Bertz CT molecular complexity index is 677. The number of halogens is 1. The first-order valence-electron chi connectivity index (χ1n) is 5.53. The molecule has 0 aliphatic heterocycles. The number of aryl methyl sites for hydroxylation is 1. The lowest BCUT2D eigenvalue weighted by Gasteiger charge is -2.09. The SMILES string of the molecule is Cc1cc(C=O)c(C)n1-c1cc(F)cc([N+](=O)[O-])c1. The molecular formula is C13H11FN2O3. The van der Waals surface area contributed by atoms with Crippen molar-refractivity contribution in [3.63, 3.8) is 0 Å². The van der Waals surface area contributed by atoms with Gasteiger partial charge in [0.1, 0.15) is 5.82 Å². The van der Waals surface area contributed by atoms with Gasteiger partial charge in [0.2, 0.25) is 0 Å². The van der Waals surface area contributed by atoms with E-state index in [1.165, 1.54) is 12.1 Å². The summed E-state index contributed by atoms with van der Waals surface area (Å²) in [4.78, 5) is 21.0. The van der Waals surface area contributed by atoms with Crippen molar-refractivity contribution in [3.8, 4) is 5.69 Å². The van der Waals surface area contributed by atoms with E-state index in [4.69, 9.17) is 0 Å². The summed E-state index contributed by atoms with van der Waals surface area (Å²) in [5.74, 6) is -0.690. The summed E-state index contributed by atoms with van der Waals surface area (Å²) in [5.41, 5.74) is 1.81. The molecule has 2 rings (SSSR count). The van der Waals surface area contributed by atoms with Gasteiger partial charge in [0.15, 0.2) is 6.29 Å². The molecule has 98 valence electrons. The number of aromatic nitrogens is 1. The Hall–Kier alpha value is -2.50. The number of nitro benzene ring substituents is 1. The molecule has 1 aromatic carbocycles. The quantitative estimate of drug-likeness (QED) is 0.485. The molecule has 5 nitrogen and oxygen atoms in total. The van der Waals surface area contributed by atoms with Crippen LogP contribution in [0.5, 0.6) is 0 Å². The van der Waals surface area contributed by atoms with E-state index in [1.807, 2.05) is 0 Å². The fraction of sp³-hybridized carbons (Fsp3) is 0.154. The molecule has 0 atom stereocenters. The highest BCUT2D eigenvalue weighted by Gasteiger charge is 2.15. The molecule has 0 fully saturated rings. The van der Waals surface area contributed by atoms with Crippen molar-refractivity contribution in [2.24, 2.45) is 0 Å². The predicted molar refractivity (Wildman–Crippen MR) is 67.2 cm³/mol. The molecule has 19 heavy (non-hydrogen) atoms. The molecule has 1 heterocycles. The summed E-state index contributed by atoms with van der Waals surface area (Å²) in [5, 5.41) is 10.7. The third-order valence-electron chi connectivity index (χ3n) is 2.93. The van der Waals surface area contributed by atoms with E-state index >= 15 is 0 Å². The van der Waals surface area contributed by atoms with Crippen molar-refractivity contribution in [1.82, 2.24) is 4.57 Å². The lowest BCUT2D eigenvalue weighted by Crippen LogP contribution is -2.01. The summed E-state index contributed by atoms with van der Waals surface area (Å²) in [6, 6.07) is 4.98. The van der Waals surface area contributed by atoms with Crippen molar-refractivity contribution in [3.05, 3.63) is 57.1 Å². The Morgan fingerprint density at radius 2 is 1.95 bits per heavy atom. The first-order chi connectivity index (χ1) is 8.93. The summed E-state index contributed by atoms with van der Waals surface area (Å²) in [7, 11) is 0. The second-order valence-electron chi connectivity index (χ2n) is 4.20. The molecule has 0 spiro atoms. The highest BCUT2D eigenvalue weighted by Crippen LogP contribution is 2.24. The van der Waals surface area contributed by atoms with Crippen LogP contribution in [-0.2, 0) is 0 Å². The number of nitrogens with zero attached hydrogens (tertiary/aromatic N) is 2. The van der Waals surface area contributed by atoms with Gasteiger partial charge in [0.25, 0.3) is 5.69 Å². The fourth-order valence-electron chi connectivity index (χ4n) is 2.10. The molecule has 0 unspecified atom stereocenters. The second-order valence-corrected chi connectivity index (χ2v) is 4.20. The van der Waals surface area contributed by atoms with Crippen LogP contribution in [0, 0.1) is 29.8 Å². The van der Waals surface area contributed by atoms with Gasteiger partial charge >= 0.3 is 0 Å². The number of benzene rings is 1. The average Bonchev–Trinajstić information content (AvgIpc) is 2.63. The van der Waals surface area contributed by atoms with E-state index in [1.54, 1.807) is 24.5 Å². The number of carbonyl (C=O) groups is 1. The fourth-order valence-corrected chi connectivity index (χ4v) is 2.10. The van der Waals surface area contributed by atoms with Gasteiger partial charge in [-0.25, -0.2) is 4.39 Å². The topological polar surface area (TPSA) is 65.1 Å². The summed E-state index contributed by atoms with van der Waals surface area (Å²) in [6.07, 6.45) is 0.701. The molecule has 0 radical (unpaired) electrons. The zero-order chi connectivity index (χ0) is 14.2. The van der Waals surface area contributed by atoms with E-state index in [2.05, 4.69) is 0 Å². The summed E-state index contributed by atoms with van der Waals surface area (Å²) in [6.45, 7) is 3.45. The normalized spacial score (nSPS) is 10.5. The van der Waals surface area contributed by atoms with E-state index in [0.29, 0.717) is 28.9 Å². The van der Waals surface area contributed by atoms with Crippen molar-refractivity contribution >= 4 is 12.0 Å². The number of non-ortho nitro benzene ring substituents is 1. The molecule has 0 aliphatic rings. The minimum Gasteiger partial charge on any atom is -0.317 e. The minimum atomic E-state index is -0.690. The van der Waals surface area contributed by atoms with Crippen molar-refractivity contribution in [1.29, 1.82) is 0 Å². The zero-order valence-electron chi connectivity index (χ0n) is 10.4. The lowest BCUT2D eigenvalue weighted by molar-refractivity contribution is -0.385. The zero-order valence-corrected chi connectivity index (χ0v) is 10.4. The van der Waals surface area contributed by atoms with Gasteiger partial charge in [-0.1, -0.05) is 0 Å². The highest BCUT2D eigenvalue weighted by atomic mass is 19.1. The molecule has 1 aromatic heterocycles. The Kier molecular flexibility index (Phi) is 3.16. The van der Waals surface area contributed by atoms with Gasteiger partial charge in [-0.15, -0.1) is 0 Å². The highest BCUT2D eigenvalue weighted by molar-refractivity contribution is 5.77. The average molecular weight is 262 g/mol. The van der Waals surface area contributed by atoms with Crippen LogP contribution in [-0.4, -0.2) is 15.8 Å². The van der Waals surface area contributed by atoms with Gasteiger partial charge in [-0.2, -0.15) is 0 Å². The largest absolute Gasteiger partial charge is 0.317 e. The van der Waals surface area contributed by atoms with Crippen LogP contribution in [0.1, 0.15) is 21.7 Å². The van der Waals surface area contributed by atoms with Gasteiger partial charge in [-0.3, -0.25) is 14.9 Å². The van der Waals surface area contributed by atoms with Gasteiger partial charge in [-0.05, 0) is 26.0 Å². The molecule has 6 heteroatoms. The maximum Gasteiger partial charge on any atom is 0.274 e. The summed E-state index contributed by atoms with van der Waals surface area (Å²) >= 11 is 0. The number of hydrogen-bond donors (Lipinski definition) is 0. The van der Waals surface area contributed by atoms with E-state index < -0.39 is 10.7 Å². The predicted octanol–water partition coefficient (Wildman–Crippen LogP) is 2.95. The van der Waals surface area contributed by atoms with E-state index in [0.717, 1.165) is 6.07 Å². The monoisotopic (exact) mass is 262 g/mol. The standard InChI is InChI=1S/C13H11FN2O3/c1-8-3-10(7-17)9(2)15(8)12-4-11(14)5-13(6-12)16(18)19/h3-7H,1-2H3. The third-order valence-corrected chi connectivity index (χ3v) is 2.93. The number of nitro groups is 1. The van der Waals surface area contributed by atoms with Gasteiger partial charge in [0.05, 0.1) is 16.7 Å². The molecule has 0 N–H and O–H groups in total. The van der Waals surface area contributed by atoms with Crippen LogP contribution >= 0.6 is 0 Å². The van der Waals surface area contributed by atoms with Gasteiger partial charge < -0.3 is 4.57 Å². The second kappa shape index (κ2) is 4.64. The molecule has 0 saturated heterocycles. The molecule has 0 aliphatic carbocycles. The van der Waals surface area contributed by atoms with Crippen molar-refractivity contribution in [2.75, 3.05) is 0 Å². The number of carbonyl (C=O) groups excluding carboxylic acids is 1. The smallest absolute Gasteiger partial charge is 0.274 e. The summed E-state index contributed by atoms with van der Waals surface area (Å²) < 4.78 is 15.0. The Morgan fingerprint density at radius 1 is 1.26 bits per heavy atom. The van der Waals surface area contributed by atoms with Crippen molar-refractivity contribution < 1.29 is 14.1 Å². The van der Waals surface area contributed by atoms with Crippen LogP contribution in [0.25, 0.3) is 5.69 Å². The minimum absolute atomic E-state index is 0.324. The number of aldehydes is 1. The molecule has 0 amide bonds. The Balaban J connectivity index is 2.68. The van der Waals surface area contributed by atoms with Crippen LogP contribution in [0.2, 0.25) is 0 Å². The number of rotatable bonds is 3. The molecule has 0 bridgehead atoms. The molecule has 0 saturated carbocycles. The van der Waals surface area contributed by atoms with Gasteiger partial charge in [0, 0.05) is 23.0 Å². The maximum atomic E-state index is 13.4. The van der Waals surface area contributed by atoms with E-state index in [-0.39, 0.29) is 5.69 Å². The number of hydrogen-bond acceptors (Lipinski definition) is 3. The first kappa shape index (κ1) is 12.9. The third kappa shape index (κ3) is 2.24. The van der Waals surface area contributed by atoms with Crippen LogP contribution < -0.4 is 0 Å². The van der Waals surface area contributed by atoms with Crippen LogP contribution in [0.4, 0.5) is 10.1 Å². The lowest BCUT2D eigenvalue weighted by atomic mass is 10.2. The van der Waals surface area contributed by atoms with Crippen LogP contribution in [0.3, 0.4) is 0 Å². The Labute approximate surface area is 108 Å². The van der Waals surface area contributed by atoms with Crippen LogP contribution in [0.15, 0.2) is 24.3 Å². The van der Waals surface area contributed by atoms with Crippen molar-refractivity contribution in [2.45, 2.75) is 13.8 Å². The first-order valence-corrected chi connectivity index (χ1v) is 5.53. The maximum absolute atomic E-state index is 13.4. The molecular weight excluding hydrogens is 251 g/mol. The Morgan fingerprint density at radius 3 is 2.47 bits per heavy atom. The van der Waals surface area contributed by atoms with E-state index in [9.17, 15) is 19.3 Å².